The third-order valence-corrected chi connectivity index (χ3v) is 4.62. The van der Waals surface area contributed by atoms with Crippen molar-refractivity contribution in [1.29, 1.82) is 0 Å². The highest BCUT2D eigenvalue weighted by Crippen LogP contribution is 2.29. The molecule has 0 unspecified atom stereocenters. The van der Waals surface area contributed by atoms with Gasteiger partial charge in [-0.15, -0.1) is 10.2 Å². The van der Waals surface area contributed by atoms with E-state index in [1.54, 1.807) is 18.2 Å². The van der Waals surface area contributed by atoms with E-state index < -0.39 is 0 Å². The zero-order valence-corrected chi connectivity index (χ0v) is 15.2. The Labute approximate surface area is 156 Å². The van der Waals surface area contributed by atoms with Crippen LogP contribution in [0.25, 0.3) is 11.5 Å². The number of hydrogen-bond acceptors (Lipinski definition) is 6. The lowest BCUT2D eigenvalue weighted by molar-refractivity contribution is 0.0944. The molecule has 0 fully saturated rings. The molecule has 27 heavy (non-hydrogen) atoms. The SMILES string of the molecule is COc1cccc(C(=O)NCc2cccc(-c3nnc4n3[C@@H](C)CC4)n2)n1. The lowest BCUT2D eigenvalue weighted by Crippen LogP contribution is -2.24. The zero-order valence-electron chi connectivity index (χ0n) is 15.2. The third kappa shape index (κ3) is 3.38. The number of methoxy groups -OCH3 is 1. The zero-order chi connectivity index (χ0) is 18.8. The van der Waals surface area contributed by atoms with Crippen molar-refractivity contribution in [3.63, 3.8) is 0 Å². The van der Waals surface area contributed by atoms with Gasteiger partial charge in [-0.1, -0.05) is 12.1 Å². The Bertz CT molecular complexity index is 984. The maximum absolute atomic E-state index is 12.3. The van der Waals surface area contributed by atoms with Crippen molar-refractivity contribution >= 4 is 5.91 Å². The number of hydrogen-bond donors (Lipinski definition) is 1. The van der Waals surface area contributed by atoms with Gasteiger partial charge in [-0.05, 0) is 31.5 Å². The van der Waals surface area contributed by atoms with Gasteiger partial charge in [0, 0.05) is 18.5 Å². The summed E-state index contributed by atoms with van der Waals surface area (Å²) in [7, 11) is 1.52. The van der Waals surface area contributed by atoms with E-state index in [2.05, 4.69) is 37.0 Å². The van der Waals surface area contributed by atoms with Crippen LogP contribution >= 0.6 is 0 Å². The van der Waals surface area contributed by atoms with E-state index in [9.17, 15) is 4.79 Å². The summed E-state index contributed by atoms with van der Waals surface area (Å²) in [6.07, 6.45) is 2.01. The lowest BCUT2D eigenvalue weighted by Gasteiger charge is -2.10. The Morgan fingerprint density at radius 1 is 1.22 bits per heavy atom. The molecular formula is C19H20N6O2. The molecule has 3 aromatic heterocycles. The van der Waals surface area contributed by atoms with Crippen LogP contribution in [0, 0.1) is 0 Å². The number of carbonyl (C=O) groups excluding carboxylic acids is 1. The van der Waals surface area contributed by atoms with Crippen molar-refractivity contribution in [2.75, 3.05) is 7.11 Å². The topological polar surface area (TPSA) is 94.8 Å². The van der Waals surface area contributed by atoms with Crippen molar-refractivity contribution in [2.24, 2.45) is 0 Å². The van der Waals surface area contributed by atoms with E-state index in [0.717, 1.165) is 35.9 Å². The highest BCUT2D eigenvalue weighted by Gasteiger charge is 2.25. The van der Waals surface area contributed by atoms with Gasteiger partial charge < -0.3 is 14.6 Å². The Kier molecular flexibility index (Phi) is 4.53. The van der Waals surface area contributed by atoms with Crippen LogP contribution in [0.2, 0.25) is 0 Å². The maximum Gasteiger partial charge on any atom is 0.270 e. The van der Waals surface area contributed by atoms with Gasteiger partial charge >= 0.3 is 0 Å². The van der Waals surface area contributed by atoms with Crippen LogP contribution in [0.15, 0.2) is 36.4 Å². The molecule has 4 rings (SSSR count). The normalized spacial score (nSPS) is 15.4. The van der Waals surface area contributed by atoms with E-state index in [-0.39, 0.29) is 5.91 Å². The number of aryl methyl sites for hydroxylation is 1. The molecule has 1 aliphatic rings. The monoisotopic (exact) mass is 364 g/mol. The van der Waals surface area contributed by atoms with Crippen LogP contribution in [0.4, 0.5) is 0 Å². The smallest absolute Gasteiger partial charge is 0.270 e. The summed E-state index contributed by atoms with van der Waals surface area (Å²) < 4.78 is 7.20. The molecule has 8 nitrogen and oxygen atoms in total. The minimum absolute atomic E-state index is 0.280. The summed E-state index contributed by atoms with van der Waals surface area (Å²) in [5, 5.41) is 11.4. The number of amides is 1. The first kappa shape index (κ1) is 17.1. The molecule has 1 amide bonds. The number of fused-ring (bicyclic) bond motifs is 1. The van der Waals surface area contributed by atoms with Gasteiger partial charge in [-0.3, -0.25) is 4.79 Å². The predicted molar refractivity (Wildman–Crippen MR) is 98.2 cm³/mol. The first-order valence-corrected chi connectivity index (χ1v) is 8.85. The average Bonchev–Trinajstić information content (AvgIpc) is 3.29. The van der Waals surface area contributed by atoms with Crippen molar-refractivity contribution < 1.29 is 9.53 Å². The molecule has 1 aliphatic heterocycles. The minimum atomic E-state index is -0.280. The summed E-state index contributed by atoms with van der Waals surface area (Å²) >= 11 is 0. The highest BCUT2D eigenvalue weighted by atomic mass is 16.5. The largest absolute Gasteiger partial charge is 0.481 e. The van der Waals surface area contributed by atoms with Gasteiger partial charge in [0.1, 0.15) is 17.2 Å². The van der Waals surface area contributed by atoms with E-state index in [0.29, 0.717) is 24.2 Å². The summed E-state index contributed by atoms with van der Waals surface area (Å²) in [6.45, 7) is 2.46. The second kappa shape index (κ2) is 7.14. The molecule has 138 valence electrons. The first-order chi connectivity index (χ1) is 13.2. The standard InChI is InChI=1S/C19H20N6O2/c1-12-9-10-16-23-24-18(25(12)16)14-6-3-5-13(21-14)11-20-19(26)15-7-4-8-17(22-15)27-2/h3-8,12H,9-11H2,1-2H3,(H,20,26)/t12-/m0/s1. The Morgan fingerprint density at radius 3 is 2.93 bits per heavy atom. The van der Waals surface area contributed by atoms with Crippen molar-refractivity contribution in [2.45, 2.75) is 32.4 Å². The van der Waals surface area contributed by atoms with Crippen molar-refractivity contribution in [1.82, 2.24) is 30.0 Å². The van der Waals surface area contributed by atoms with E-state index >= 15 is 0 Å². The number of rotatable bonds is 5. The summed E-state index contributed by atoms with van der Waals surface area (Å²) in [4.78, 5) is 21.1. The average molecular weight is 364 g/mol. The molecule has 0 bridgehead atoms. The molecule has 0 saturated heterocycles. The number of aromatic nitrogens is 5. The molecule has 0 aliphatic carbocycles. The summed E-state index contributed by atoms with van der Waals surface area (Å²) in [5.41, 5.74) is 1.80. The second-order valence-electron chi connectivity index (χ2n) is 6.46. The lowest BCUT2D eigenvalue weighted by atomic mass is 10.2. The predicted octanol–water partition coefficient (Wildman–Crippen LogP) is 2.18. The molecule has 4 heterocycles. The van der Waals surface area contributed by atoms with Crippen LogP contribution in [-0.2, 0) is 13.0 Å². The molecule has 8 heteroatoms. The molecule has 1 N–H and O–H groups in total. The maximum atomic E-state index is 12.3. The van der Waals surface area contributed by atoms with Gasteiger partial charge in [-0.25, -0.2) is 9.97 Å². The molecule has 0 saturated carbocycles. The highest BCUT2D eigenvalue weighted by molar-refractivity contribution is 5.92. The number of carbonyl (C=O) groups is 1. The molecular weight excluding hydrogens is 344 g/mol. The van der Waals surface area contributed by atoms with Crippen LogP contribution in [0.3, 0.4) is 0 Å². The number of pyridine rings is 2. The van der Waals surface area contributed by atoms with E-state index in [4.69, 9.17) is 4.74 Å². The Morgan fingerprint density at radius 2 is 2.07 bits per heavy atom. The molecule has 1 atom stereocenters. The van der Waals surface area contributed by atoms with Gasteiger partial charge in [0.2, 0.25) is 5.88 Å². The quantitative estimate of drug-likeness (QED) is 0.746. The first-order valence-electron chi connectivity index (χ1n) is 8.85. The molecule has 0 aromatic carbocycles. The van der Waals surface area contributed by atoms with E-state index in [1.807, 2.05) is 18.2 Å². The van der Waals surface area contributed by atoms with Crippen LogP contribution in [-0.4, -0.2) is 37.7 Å². The fraction of sp³-hybridized carbons (Fsp3) is 0.316. The van der Waals surface area contributed by atoms with Gasteiger partial charge in [0.25, 0.3) is 5.91 Å². The van der Waals surface area contributed by atoms with Gasteiger partial charge in [0.15, 0.2) is 5.82 Å². The number of nitrogens with one attached hydrogen (secondary N) is 1. The van der Waals surface area contributed by atoms with Crippen molar-refractivity contribution in [3.8, 4) is 17.4 Å². The fourth-order valence-electron chi connectivity index (χ4n) is 3.22. The minimum Gasteiger partial charge on any atom is -0.481 e. The van der Waals surface area contributed by atoms with E-state index in [1.165, 1.54) is 7.11 Å². The molecule has 0 spiro atoms. The number of nitrogens with zero attached hydrogens (tertiary/aromatic N) is 5. The summed E-state index contributed by atoms with van der Waals surface area (Å²) in [6, 6.07) is 11.1. The van der Waals surface area contributed by atoms with Crippen LogP contribution in [0.1, 0.15) is 41.4 Å². The second-order valence-corrected chi connectivity index (χ2v) is 6.46. The number of ether oxygens (including phenoxy) is 1. The Balaban J connectivity index is 1.49. The fourth-order valence-corrected chi connectivity index (χ4v) is 3.22. The summed E-state index contributed by atoms with van der Waals surface area (Å²) in [5.74, 6) is 1.90. The Hall–Kier alpha value is -3.29. The van der Waals surface area contributed by atoms with Gasteiger partial charge in [0.05, 0.1) is 19.3 Å². The van der Waals surface area contributed by atoms with Crippen LogP contribution < -0.4 is 10.1 Å². The molecule has 0 radical (unpaired) electrons. The van der Waals surface area contributed by atoms with Crippen molar-refractivity contribution in [3.05, 3.63) is 53.6 Å². The van der Waals surface area contributed by atoms with Gasteiger partial charge in [-0.2, -0.15) is 0 Å². The third-order valence-electron chi connectivity index (χ3n) is 4.62. The van der Waals surface area contributed by atoms with Crippen LogP contribution in [0.5, 0.6) is 5.88 Å². The molecule has 3 aromatic rings.